The van der Waals surface area contributed by atoms with Gasteiger partial charge >= 0.3 is 12.0 Å². The molecule has 2 amide bonds. The van der Waals surface area contributed by atoms with E-state index in [0.29, 0.717) is 24.8 Å². The number of unbranched alkanes of at least 4 members (excludes halogenated alkanes) is 1. The molecule has 0 spiro atoms. The number of hydrogen-bond donors (Lipinski definition) is 3. The minimum atomic E-state index is -0.851. The Morgan fingerprint density at radius 3 is 2.15 bits per heavy atom. The number of carboxylic acids is 1. The van der Waals surface area contributed by atoms with Crippen LogP contribution in [0.5, 0.6) is 0 Å². The highest BCUT2D eigenvalue weighted by molar-refractivity contribution is 5.75. The van der Waals surface area contributed by atoms with Crippen molar-refractivity contribution in [3.05, 3.63) is 0 Å². The Balaban J connectivity index is 3.76. The van der Waals surface area contributed by atoms with Gasteiger partial charge in [-0.1, -0.05) is 40.5 Å². The molecular formula is C15H30N2O3. The Labute approximate surface area is 122 Å². The molecule has 5 heteroatoms. The SMILES string of the molecule is CC(C)CCCCNC(=O)NCC(CC(C)C)C(=O)O. The molecule has 1 atom stereocenters. The van der Waals surface area contributed by atoms with Crippen LogP contribution >= 0.6 is 0 Å². The Kier molecular flexibility index (Phi) is 9.86. The lowest BCUT2D eigenvalue weighted by atomic mass is 9.97. The highest BCUT2D eigenvalue weighted by Gasteiger charge is 2.19. The number of carbonyl (C=O) groups excluding carboxylic acids is 1. The average molecular weight is 286 g/mol. The van der Waals surface area contributed by atoms with Gasteiger partial charge in [0.15, 0.2) is 0 Å². The third-order valence-corrected chi connectivity index (χ3v) is 3.11. The molecule has 0 saturated heterocycles. The van der Waals surface area contributed by atoms with Crippen LogP contribution in [0.3, 0.4) is 0 Å². The van der Waals surface area contributed by atoms with Crippen molar-refractivity contribution < 1.29 is 14.7 Å². The van der Waals surface area contributed by atoms with Crippen LogP contribution in [0.25, 0.3) is 0 Å². The van der Waals surface area contributed by atoms with E-state index in [-0.39, 0.29) is 12.6 Å². The molecule has 0 radical (unpaired) electrons. The first kappa shape index (κ1) is 18.7. The number of carbonyl (C=O) groups is 2. The van der Waals surface area contributed by atoms with E-state index < -0.39 is 11.9 Å². The normalized spacial score (nSPS) is 12.5. The number of hydrogen-bond acceptors (Lipinski definition) is 2. The minimum Gasteiger partial charge on any atom is -0.481 e. The van der Waals surface area contributed by atoms with E-state index in [9.17, 15) is 9.59 Å². The zero-order valence-electron chi connectivity index (χ0n) is 13.2. The van der Waals surface area contributed by atoms with E-state index in [0.717, 1.165) is 12.8 Å². The van der Waals surface area contributed by atoms with Gasteiger partial charge in [0.1, 0.15) is 0 Å². The third-order valence-electron chi connectivity index (χ3n) is 3.11. The number of carboxylic acid groups (broad SMARTS) is 1. The van der Waals surface area contributed by atoms with Crippen LogP contribution in [-0.4, -0.2) is 30.2 Å². The van der Waals surface area contributed by atoms with Gasteiger partial charge in [-0.25, -0.2) is 4.79 Å². The molecule has 118 valence electrons. The molecule has 0 aromatic rings. The van der Waals surface area contributed by atoms with Gasteiger partial charge in [0.25, 0.3) is 0 Å². The molecule has 0 aliphatic rings. The second kappa shape index (κ2) is 10.5. The summed E-state index contributed by atoms with van der Waals surface area (Å²) < 4.78 is 0. The van der Waals surface area contributed by atoms with E-state index in [1.165, 1.54) is 6.42 Å². The summed E-state index contributed by atoms with van der Waals surface area (Å²) in [6.45, 7) is 9.14. The van der Waals surface area contributed by atoms with E-state index in [4.69, 9.17) is 5.11 Å². The smallest absolute Gasteiger partial charge is 0.314 e. The molecule has 0 bridgehead atoms. The molecule has 1 unspecified atom stereocenters. The van der Waals surface area contributed by atoms with Crippen LogP contribution in [0.4, 0.5) is 4.79 Å². The maximum absolute atomic E-state index is 11.5. The monoisotopic (exact) mass is 286 g/mol. The van der Waals surface area contributed by atoms with Crippen LogP contribution in [0.15, 0.2) is 0 Å². The summed E-state index contributed by atoms with van der Waals surface area (Å²) >= 11 is 0. The summed E-state index contributed by atoms with van der Waals surface area (Å²) in [6.07, 6.45) is 3.80. The fraction of sp³-hybridized carbons (Fsp3) is 0.867. The lowest BCUT2D eigenvalue weighted by Crippen LogP contribution is -2.40. The second-order valence-corrected chi connectivity index (χ2v) is 6.19. The van der Waals surface area contributed by atoms with Crippen molar-refractivity contribution in [3.8, 4) is 0 Å². The van der Waals surface area contributed by atoms with Gasteiger partial charge in [-0.05, 0) is 24.7 Å². The second-order valence-electron chi connectivity index (χ2n) is 6.19. The number of urea groups is 1. The first-order valence-electron chi connectivity index (χ1n) is 7.57. The Morgan fingerprint density at radius 1 is 1.00 bits per heavy atom. The van der Waals surface area contributed by atoms with Crippen LogP contribution in [-0.2, 0) is 4.79 Å². The maximum atomic E-state index is 11.5. The van der Waals surface area contributed by atoms with Crippen molar-refractivity contribution >= 4 is 12.0 Å². The molecule has 0 heterocycles. The maximum Gasteiger partial charge on any atom is 0.314 e. The quantitative estimate of drug-likeness (QED) is 0.540. The van der Waals surface area contributed by atoms with Gasteiger partial charge in [-0.2, -0.15) is 0 Å². The van der Waals surface area contributed by atoms with Crippen LogP contribution < -0.4 is 10.6 Å². The number of amides is 2. The predicted molar refractivity (Wildman–Crippen MR) is 80.7 cm³/mol. The van der Waals surface area contributed by atoms with Crippen LogP contribution in [0.1, 0.15) is 53.4 Å². The van der Waals surface area contributed by atoms with E-state index in [2.05, 4.69) is 24.5 Å². The van der Waals surface area contributed by atoms with Crippen molar-refractivity contribution in [2.75, 3.05) is 13.1 Å². The van der Waals surface area contributed by atoms with E-state index in [1.54, 1.807) is 0 Å². The number of nitrogens with one attached hydrogen (secondary N) is 2. The molecule has 20 heavy (non-hydrogen) atoms. The van der Waals surface area contributed by atoms with E-state index in [1.807, 2.05) is 13.8 Å². The van der Waals surface area contributed by atoms with Crippen molar-refractivity contribution in [1.82, 2.24) is 10.6 Å². The van der Waals surface area contributed by atoms with Gasteiger partial charge in [-0.3, -0.25) is 4.79 Å². The summed E-state index contributed by atoms with van der Waals surface area (Å²) in [4.78, 5) is 22.6. The Morgan fingerprint density at radius 2 is 1.65 bits per heavy atom. The van der Waals surface area contributed by atoms with Gasteiger partial charge < -0.3 is 15.7 Å². The van der Waals surface area contributed by atoms with E-state index >= 15 is 0 Å². The summed E-state index contributed by atoms with van der Waals surface area (Å²) in [5.74, 6) is -0.370. The van der Waals surface area contributed by atoms with Crippen LogP contribution in [0, 0.1) is 17.8 Å². The van der Waals surface area contributed by atoms with Crippen LogP contribution in [0.2, 0.25) is 0 Å². The molecular weight excluding hydrogens is 256 g/mol. The standard InChI is InChI=1S/C15H30N2O3/c1-11(2)7-5-6-8-16-15(20)17-10-13(14(18)19)9-12(3)4/h11-13H,5-10H2,1-4H3,(H,18,19)(H2,16,17,20). The summed E-state index contributed by atoms with van der Waals surface area (Å²) in [6, 6.07) is -0.274. The average Bonchev–Trinajstić information content (AvgIpc) is 2.32. The first-order chi connectivity index (χ1) is 9.32. The highest BCUT2D eigenvalue weighted by Crippen LogP contribution is 2.11. The predicted octanol–water partition coefficient (Wildman–Crippen LogP) is 2.86. The topological polar surface area (TPSA) is 78.4 Å². The first-order valence-corrected chi connectivity index (χ1v) is 7.57. The van der Waals surface area contributed by atoms with Crippen molar-refractivity contribution in [1.29, 1.82) is 0 Å². The van der Waals surface area contributed by atoms with Gasteiger partial charge in [-0.15, -0.1) is 0 Å². The molecule has 5 nitrogen and oxygen atoms in total. The third kappa shape index (κ3) is 10.6. The fourth-order valence-corrected chi connectivity index (χ4v) is 2.00. The summed E-state index contributed by atoms with van der Waals surface area (Å²) in [7, 11) is 0. The summed E-state index contributed by atoms with van der Waals surface area (Å²) in [5.41, 5.74) is 0. The molecule has 0 rings (SSSR count). The highest BCUT2D eigenvalue weighted by atomic mass is 16.4. The van der Waals surface area contributed by atoms with Gasteiger partial charge in [0.2, 0.25) is 0 Å². The number of aliphatic carboxylic acids is 1. The van der Waals surface area contributed by atoms with Crippen molar-refractivity contribution in [2.24, 2.45) is 17.8 Å². The molecule has 0 aromatic carbocycles. The lowest BCUT2D eigenvalue weighted by molar-refractivity contribution is -0.142. The largest absolute Gasteiger partial charge is 0.481 e. The Hall–Kier alpha value is -1.26. The lowest BCUT2D eigenvalue weighted by Gasteiger charge is -2.15. The zero-order chi connectivity index (χ0) is 15.5. The molecule has 3 N–H and O–H groups in total. The van der Waals surface area contributed by atoms with Gasteiger partial charge in [0.05, 0.1) is 5.92 Å². The zero-order valence-corrected chi connectivity index (χ0v) is 13.2. The molecule has 0 saturated carbocycles. The Bertz CT molecular complexity index is 291. The molecule has 0 aliphatic carbocycles. The minimum absolute atomic E-state index is 0.186. The molecule has 0 fully saturated rings. The fourth-order valence-electron chi connectivity index (χ4n) is 2.00. The van der Waals surface area contributed by atoms with Crippen molar-refractivity contribution in [3.63, 3.8) is 0 Å². The number of rotatable bonds is 10. The molecule has 0 aliphatic heterocycles. The summed E-state index contributed by atoms with van der Waals surface area (Å²) in [5, 5.41) is 14.5. The van der Waals surface area contributed by atoms with Gasteiger partial charge in [0, 0.05) is 13.1 Å². The van der Waals surface area contributed by atoms with Crippen molar-refractivity contribution in [2.45, 2.75) is 53.4 Å². The molecule has 0 aromatic heterocycles.